The van der Waals surface area contributed by atoms with E-state index >= 15 is 0 Å². The van der Waals surface area contributed by atoms with Gasteiger partial charge >= 0.3 is 0 Å². The standard InChI is InChI=1S/4C8H20P.4FH/c4*1-5-9(6-2,7-3)8-4;;;;/h4*5-8H2,1-4H3;4*1H/q4*+1;;;;/p-4. The van der Waals surface area contributed by atoms with Crippen LogP contribution in [0.2, 0.25) is 0 Å². The van der Waals surface area contributed by atoms with E-state index < -0.39 is 29.0 Å². The van der Waals surface area contributed by atoms with Crippen molar-refractivity contribution in [3.63, 3.8) is 0 Å². The van der Waals surface area contributed by atoms with Gasteiger partial charge in [-0.2, -0.15) is 0 Å². The summed E-state index contributed by atoms with van der Waals surface area (Å²) in [4.78, 5) is 0. The molecule has 0 aliphatic carbocycles. The quantitative estimate of drug-likeness (QED) is 0.165. The zero-order chi connectivity index (χ0) is 29.3. The third-order valence-corrected chi connectivity index (χ3v) is 32.2. The van der Waals surface area contributed by atoms with E-state index in [-0.39, 0.29) is 18.8 Å². The molecule has 0 radical (unpaired) electrons. The summed E-state index contributed by atoms with van der Waals surface area (Å²) < 4.78 is 0. The fourth-order valence-electron chi connectivity index (χ4n) is 5.37. The van der Waals surface area contributed by atoms with Gasteiger partial charge in [0, 0.05) is 29.0 Å². The van der Waals surface area contributed by atoms with Gasteiger partial charge in [0.2, 0.25) is 0 Å². The van der Waals surface area contributed by atoms with Crippen molar-refractivity contribution >= 4 is 29.0 Å². The largest absolute Gasteiger partial charge is 1.00 e. The van der Waals surface area contributed by atoms with Gasteiger partial charge in [0.25, 0.3) is 0 Å². The molecular formula is C32H80F4P4. The first-order valence-corrected chi connectivity index (χ1v) is 26.5. The highest BCUT2D eigenvalue weighted by molar-refractivity contribution is 7.76. The fraction of sp³-hybridized carbons (Fsp3) is 1.00. The minimum atomic E-state index is -0.420. The maximum atomic E-state index is 2.35. The van der Waals surface area contributed by atoms with Gasteiger partial charge in [-0.05, 0) is 111 Å². The molecular weight excluding hydrogens is 584 g/mol. The highest BCUT2D eigenvalue weighted by Gasteiger charge is 2.29. The number of hydrogen-bond donors (Lipinski definition) is 0. The number of halogens is 4. The van der Waals surface area contributed by atoms with Crippen LogP contribution in [0.25, 0.3) is 0 Å². The molecule has 0 spiro atoms. The highest BCUT2D eigenvalue weighted by atomic mass is 31.2. The third-order valence-electron chi connectivity index (χ3n) is 10.7. The molecule has 0 nitrogen and oxygen atoms in total. The van der Waals surface area contributed by atoms with Crippen LogP contribution in [0.1, 0.15) is 111 Å². The van der Waals surface area contributed by atoms with Crippen LogP contribution in [0.5, 0.6) is 0 Å². The van der Waals surface area contributed by atoms with Gasteiger partial charge in [-0.1, -0.05) is 0 Å². The molecule has 0 saturated carbocycles. The monoisotopic (exact) mass is 665 g/mol. The lowest BCUT2D eigenvalue weighted by atomic mass is 10.9. The van der Waals surface area contributed by atoms with Crippen LogP contribution in [-0.4, -0.2) is 98.6 Å². The molecule has 0 aliphatic heterocycles. The molecule has 0 unspecified atom stereocenters. The average molecular weight is 665 g/mol. The molecule has 0 fully saturated rings. The Labute approximate surface area is 256 Å². The van der Waals surface area contributed by atoms with Crippen molar-refractivity contribution in [2.75, 3.05) is 98.6 Å². The molecule has 256 valence electrons. The zero-order valence-electron chi connectivity index (χ0n) is 30.6. The molecule has 40 heavy (non-hydrogen) atoms. The molecule has 0 aromatic carbocycles. The van der Waals surface area contributed by atoms with Crippen molar-refractivity contribution in [2.24, 2.45) is 0 Å². The molecule has 0 atom stereocenters. The maximum absolute atomic E-state index is 2.35. The van der Waals surface area contributed by atoms with E-state index in [0.29, 0.717) is 0 Å². The predicted octanol–water partition coefficient (Wildman–Crippen LogP) is 0.350. The van der Waals surface area contributed by atoms with Crippen LogP contribution >= 0.6 is 29.0 Å². The van der Waals surface area contributed by atoms with Gasteiger partial charge in [0.15, 0.2) is 0 Å². The van der Waals surface area contributed by atoms with Crippen LogP contribution in [0, 0.1) is 0 Å². The minimum Gasteiger partial charge on any atom is -1.00 e. The molecule has 0 N–H and O–H groups in total. The van der Waals surface area contributed by atoms with E-state index in [4.69, 9.17) is 0 Å². The third kappa shape index (κ3) is 23.8. The molecule has 0 bridgehead atoms. The van der Waals surface area contributed by atoms with Crippen LogP contribution in [-0.2, 0) is 0 Å². The first-order chi connectivity index (χ1) is 17.0. The van der Waals surface area contributed by atoms with E-state index in [0.717, 1.165) is 0 Å². The Kier molecular flexibility index (Phi) is 55.5. The van der Waals surface area contributed by atoms with Gasteiger partial charge in [-0.3, -0.25) is 0 Å². The van der Waals surface area contributed by atoms with Crippen molar-refractivity contribution < 1.29 is 18.8 Å². The molecule has 0 aliphatic rings. The lowest BCUT2D eigenvalue weighted by Gasteiger charge is -2.20. The zero-order valence-corrected chi connectivity index (χ0v) is 34.2. The van der Waals surface area contributed by atoms with Crippen molar-refractivity contribution in [1.29, 1.82) is 0 Å². The van der Waals surface area contributed by atoms with E-state index in [9.17, 15) is 0 Å². The molecule has 0 rings (SSSR count). The Balaban J connectivity index is -0.0000000551. The maximum Gasteiger partial charge on any atom is 0.0565 e. The lowest BCUT2D eigenvalue weighted by Crippen LogP contribution is -3.00. The molecule has 8 heteroatoms. The Hall–Kier alpha value is 1.44. The van der Waals surface area contributed by atoms with Crippen molar-refractivity contribution in [3.8, 4) is 0 Å². The second-order valence-electron chi connectivity index (χ2n) is 10.4. The van der Waals surface area contributed by atoms with Crippen LogP contribution in [0.15, 0.2) is 0 Å². The Bertz CT molecular complexity index is 289. The topological polar surface area (TPSA) is 0 Å². The van der Waals surface area contributed by atoms with E-state index in [2.05, 4.69) is 111 Å². The van der Waals surface area contributed by atoms with E-state index in [1.165, 1.54) is 98.6 Å². The van der Waals surface area contributed by atoms with Gasteiger partial charge in [-0.15, -0.1) is 0 Å². The summed E-state index contributed by atoms with van der Waals surface area (Å²) in [6, 6.07) is 0. The molecule has 0 aromatic heterocycles. The Morgan fingerprint density at radius 2 is 0.225 bits per heavy atom. The number of hydrogen-bond acceptors (Lipinski definition) is 0. The average Bonchev–Trinajstić information content (AvgIpc) is 2.96. The summed E-state index contributed by atoms with van der Waals surface area (Å²) in [6.45, 7) is 37.6. The molecule has 0 heterocycles. The van der Waals surface area contributed by atoms with E-state index in [1.807, 2.05) is 0 Å². The first kappa shape index (κ1) is 60.6. The summed E-state index contributed by atoms with van der Waals surface area (Å²) in [5.74, 6) is 0. The second-order valence-corrected chi connectivity index (χ2v) is 31.3. The van der Waals surface area contributed by atoms with Crippen molar-refractivity contribution in [1.82, 2.24) is 0 Å². The van der Waals surface area contributed by atoms with Crippen LogP contribution in [0.3, 0.4) is 0 Å². The lowest BCUT2D eigenvalue weighted by molar-refractivity contribution is -0.00100. The van der Waals surface area contributed by atoms with Crippen LogP contribution in [0.4, 0.5) is 0 Å². The normalized spacial score (nSPS) is 10.8. The highest BCUT2D eigenvalue weighted by Crippen LogP contribution is 2.58. The van der Waals surface area contributed by atoms with Gasteiger partial charge in [-0.25, -0.2) is 0 Å². The van der Waals surface area contributed by atoms with Crippen molar-refractivity contribution in [2.45, 2.75) is 111 Å². The van der Waals surface area contributed by atoms with Crippen molar-refractivity contribution in [3.05, 3.63) is 0 Å². The number of rotatable bonds is 16. The summed E-state index contributed by atoms with van der Waals surface area (Å²) in [5, 5.41) is 0. The smallest absolute Gasteiger partial charge is 0.0565 e. The Morgan fingerprint density at radius 1 is 0.175 bits per heavy atom. The summed E-state index contributed by atoms with van der Waals surface area (Å²) >= 11 is 0. The molecule has 0 saturated heterocycles. The van der Waals surface area contributed by atoms with E-state index in [1.54, 1.807) is 0 Å². The second kappa shape index (κ2) is 36.6. The molecule has 0 amide bonds. The summed E-state index contributed by atoms with van der Waals surface area (Å²) in [6.07, 6.45) is 23.3. The summed E-state index contributed by atoms with van der Waals surface area (Å²) in [7, 11) is -1.68. The van der Waals surface area contributed by atoms with Gasteiger partial charge in [0.05, 0.1) is 98.6 Å². The SMILES string of the molecule is CC[P+](CC)(CC)CC.CC[P+](CC)(CC)CC.CC[P+](CC)(CC)CC.CC[P+](CC)(CC)CC.[F-].[F-].[F-].[F-]. The summed E-state index contributed by atoms with van der Waals surface area (Å²) in [5.41, 5.74) is 0. The Morgan fingerprint density at radius 3 is 0.225 bits per heavy atom. The first-order valence-electron chi connectivity index (χ1n) is 16.4. The fourth-order valence-corrected chi connectivity index (χ4v) is 16.1. The van der Waals surface area contributed by atoms with Gasteiger partial charge < -0.3 is 18.8 Å². The van der Waals surface area contributed by atoms with Gasteiger partial charge in [0.1, 0.15) is 0 Å². The van der Waals surface area contributed by atoms with Crippen LogP contribution < -0.4 is 18.8 Å². The predicted molar refractivity (Wildman–Crippen MR) is 196 cm³/mol. The minimum absolute atomic E-state index is 0. The molecule has 0 aromatic rings.